The standard InChI is InChI=1S/C13H12N2O4S/c1-7-11(5-12(16)17)20-13(14-7)15-8-2-3-9-10(4-8)19-6-18-9/h2-4H,5-6H2,1H3,(H,14,15)(H,16,17). The highest BCUT2D eigenvalue weighted by Gasteiger charge is 2.15. The molecule has 6 nitrogen and oxygen atoms in total. The molecule has 0 saturated carbocycles. The van der Waals surface area contributed by atoms with Crippen molar-refractivity contribution in [2.45, 2.75) is 13.3 Å². The van der Waals surface area contributed by atoms with Gasteiger partial charge in [-0.15, -0.1) is 11.3 Å². The molecule has 1 aliphatic rings. The number of nitrogens with zero attached hydrogens (tertiary/aromatic N) is 1. The Kier molecular flexibility index (Phi) is 3.19. The van der Waals surface area contributed by atoms with Gasteiger partial charge in [0.2, 0.25) is 6.79 Å². The number of benzene rings is 1. The third-order valence-electron chi connectivity index (χ3n) is 2.83. The molecular formula is C13H12N2O4S. The lowest BCUT2D eigenvalue weighted by Crippen LogP contribution is -1.99. The van der Waals surface area contributed by atoms with Crippen molar-refractivity contribution in [3.63, 3.8) is 0 Å². The van der Waals surface area contributed by atoms with E-state index in [0.717, 1.165) is 22.0 Å². The zero-order chi connectivity index (χ0) is 14.1. The van der Waals surface area contributed by atoms with Crippen molar-refractivity contribution >= 4 is 28.1 Å². The minimum atomic E-state index is -0.855. The number of carboxylic acid groups (broad SMARTS) is 1. The van der Waals surface area contributed by atoms with Crippen molar-refractivity contribution in [1.29, 1.82) is 0 Å². The van der Waals surface area contributed by atoms with Gasteiger partial charge in [0.1, 0.15) is 0 Å². The van der Waals surface area contributed by atoms with Crippen LogP contribution in [0.4, 0.5) is 10.8 Å². The number of aryl methyl sites for hydroxylation is 1. The number of aromatic nitrogens is 1. The van der Waals surface area contributed by atoms with E-state index in [1.54, 1.807) is 6.92 Å². The number of anilines is 2. The highest BCUT2D eigenvalue weighted by atomic mass is 32.1. The van der Waals surface area contributed by atoms with Crippen LogP contribution in [0.3, 0.4) is 0 Å². The molecule has 1 aliphatic heterocycles. The second-order valence-corrected chi connectivity index (χ2v) is 5.37. The zero-order valence-corrected chi connectivity index (χ0v) is 11.5. The third-order valence-corrected chi connectivity index (χ3v) is 3.90. The third kappa shape index (κ3) is 2.53. The Morgan fingerprint density at radius 2 is 2.25 bits per heavy atom. The molecule has 1 aromatic heterocycles. The van der Waals surface area contributed by atoms with E-state index < -0.39 is 5.97 Å². The molecule has 2 aromatic rings. The van der Waals surface area contributed by atoms with Crippen LogP contribution in [-0.2, 0) is 11.2 Å². The van der Waals surface area contributed by atoms with E-state index in [4.69, 9.17) is 14.6 Å². The number of ether oxygens (including phenoxy) is 2. The molecule has 20 heavy (non-hydrogen) atoms. The first-order valence-electron chi connectivity index (χ1n) is 5.96. The predicted octanol–water partition coefficient (Wildman–Crippen LogP) is 2.55. The molecule has 0 amide bonds. The second-order valence-electron chi connectivity index (χ2n) is 4.29. The number of aliphatic carboxylic acids is 1. The van der Waals surface area contributed by atoms with Gasteiger partial charge < -0.3 is 19.9 Å². The minimum Gasteiger partial charge on any atom is -0.481 e. The van der Waals surface area contributed by atoms with Crippen LogP contribution in [0.1, 0.15) is 10.6 Å². The smallest absolute Gasteiger partial charge is 0.308 e. The molecule has 0 spiro atoms. The first-order chi connectivity index (χ1) is 9.61. The van der Waals surface area contributed by atoms with Gasteiger partial charge in [-0.05, 0) is 19.1 Å². The summed E-state index contributed by atoms with van der Waals surface area (Å²) in [6.45, 7) is 2.04. The molecule has 2 N–H and O–H groups in total. The van der Waals surface area contributed by atoms with E-state index in [2.05, 4.69) is 10.3 Å². The van der Waals surface area contributed by atoms with E-state index >= 15 is 0 Å². The quantitative estimate of drug-likeness (QED) is 0.901. The van der Waals surface area contributed by atoms with Gasteiger partial charge in [-0.3, -0.25) is 4.79 Å². The summed E-state index contributed by atoms with van der Waals surface area (Å²) in [5, 5.41) is 12.6. The van der Waals surface area contributed by atoms with Crippen LogP contribution in [-0.4, -0.2) is 22.9 Å². The van der Waals surface area contributed by atoms with E-state index in [0.29, 0.717) is 10.9 Å². The Labute approximate surface area is 119 Å². The Balaban J connectivity index is 1.79. The Morgan fingerprint density at radius 1 is 1.45 bits per heavy atom. The topological polar surface area (TPSA) is 80.7 Å². The average Bonchev–Trinajstić information content (AvgIpc) is 2.96. The molecule has 3 rings (SSSR count). The van der Waals surface area contributed by atoms with Crippen LogP contribution in [0.25, 0.3) is 0 Å². The number of carboxylic acids is 1. The Morgan fingerprint density at radius 3 is 3.05 bits per heavy atom. The molecule has 0 atom stereocenters. The molecule has 0 bridgehead atoms. The maximum absolute atomic E-state index is 10.7. The summed E-state index contributed by atoms with van der Waals surface area (Å²) in [7, 11) is 0. The minimum absolute atomic E-state index is 0.00762. The first-order valence-corrected chi connectivity index (χ1v) is 6.78. The zero-order valence-electron chi connectivity index (χ0n) is 10.7. The van der Waals surface area contributed by atoms with Crippen LogP contribution in [0.2, 0.25) is 0 Å². The molecule has 0 unspecified atom stereocenters. The van der Waals surface area contributed by atoms with E-state index in [-0.39, 0.29) is 13.2 Å². The van der Waals surface area contributed by atoms with Crippen LogP contribution >= 0.6 is 11.3 Å². The van der Waals surface area contributed by atoms with Gasteiger partial charge >= 0.3 is 5.97 Å². The van der Waals surface area contributed by atoms with Gasteiger partial charge in [-0.2, -0.15) is 0 Å². The maximum Gasteiger partial charge on any atom is 0.308 e. The number of hydrogen-bond donors (Lipinski definition) is 2. The van der Waals surface area contributed by atoms with Gasteiger partial charge in [-0.1, -0.05) is 0 Å². The van der Waals surface area contributed by atoms with Crippen LogP contribution < -0.4 is 14.8 Å². The highest BCUT2D eigenvalue weighted by molar-refractivity contribution is 7.15. The summed E-state index contributed by atoms with van der Waals surface area (Å²) in [6, 6.07) is 5.51. The fourth-order valence-electron chi connectivity index (χ4n) is 1.88. The number of rotatable bonds is 4. The summed E-state index contributed by atoms with van der Waals surface area (Å²) < 4.78 is 10.5. The number of nitrogens with one attached hydrogen (secondary N) is 1. The van der Waals surface area contributed by atoms with E-state index in [9.17, 15) is 4.79 Å². The summed E-state index contributed by atoms with van der Waals surface area (Å²) in [6.07, 6.45) is -0.00762. The molecule has 0 radical (unpaired) electrons. The Bertz CT molecular complexity index is 668. The molecule has 0 saturated heterocycles. The van der Waals surface area contributed by atoms with Gasteiger partial charge in [0.05, 0.1) is 12.1 Å². The SMILES string of the molecule is Cc1nc(Nc2ccc3c(c2)OCO3)sc1CC(=O)O. The van der Waals surface area contributed by atoms with Crippen LogP contribution in [0, 0.1) is 6.92 Å². The van der Waals surface area contributed by atoms with Crippen molar-refractivity contribution in [2.75, 3.05) is 12.1 Å². The number of fused-ring (bicyclic) bond motifs is 1. The predicted molar refractivity (Wildman–Crippen MR) is 74.0 cm³/mol. The number of thiazole rings is 1. The molecule has 1 aromatic carbocycles. The van der Waals surface area contributed by atoms with Crippen LogP contribution in [0.5, 0.6) is 11.5 Å². The van der Waals surface area contributed by atoms with E-state index in [1.807, 2.05) is 18.2 Å². The van der Waals surface area contributed by atoms with Crippen molar-refractivity contribution in [1.82, 2.24) is 4.98 Å². The number of carbonyl (C=O) groups is 1. The lowest BCUT2D eigenvalue weighted by molar-refractivity contribution is -0.136. The number of hydrogen-bond acceptors (Lipinski definition) is 6. The highest BCUT2D eigenvalue weighted by Crippen LogP contribution is 2.35. The fourth-order valence-corrected chi connectivity index (χ4v) is 2.85. The maximum atomic E-state index is 10.7. The normalized spacial score (nSPS) is 12.4. The van der Waals surface area contributed by atoms with Gasteiger partial charge in [0.25, 0.3) is 0 Å². The van der Waals surface area contributed by atoms with Crippen molar-refractivity contribution in [2.24, 2.45) is 0 Å². The van der Waals surface area contributed by atoms with Crippen molar-refractivity contribution in [3.8, 4) is 11.5 Å². The molecule has 0 aliphatic carbocycles. The van der Waals surface area contributed by atoms with Crippen LogP contribution in [0.15, 0.2) is 18.2 Å². The average molecular weight is 292 g/mol. The summed E-state index contributed by atoms with van der Waals surface area (Å²) >= 11 is 1.34. The first kappa shape index (κ1) is 12.7. The largest absolute Gasteiger partial charge is 0.481 e. The van der Waals surface area contributed by atoms with Crippen molar-refractivity contribution < 1.29 is 19.4 Å². The molecule has 2 heterocycles. The molecule has 104 valence electrons. The van der Waals surface area contributed by atoms with Crippen molar-refractivity contribution in [3.05, 3.63) is 28.8 Å². The van der Waals surface area contributed by atoms with Gasteiger partial charge in [0, 0.05) is 16.6 Å². The molecule has 0 fully saturated rings. The van der Waals surface area contributed by atoms with E-state index in [1.165, 1.54) is 11.3 Å². The summed E-state index contributed by atoms with van der Waals surface area (Å²) in [5.41, 5.74) is 1.56. The summed E-state index contributed by atoms with van der Waals surface area (Å²) in [5.74, 6) is 0.554. The fraction of sp³-hybridized carbons (Fsp3) is 0.231. The molecule has 7 heteroatoms. The Hall–Kier alpha value is -2.28. The molecular weight excluding hydrogens is 280 g/mol. The monoisotopic (exact) mass is 292 g/mol. The van der Waals surface area contributed by atoms with Gasteiger partial charge in [0.15, 0.2) is 16.6 Å². The lowest BCUT2D eigenvalue weighted by Gasteiger charge is -2.03. The van der Waals surface area contributed by atoms with Gasteiger partial charge in [-0.25, -0.2) is 4.98 Å². The second kappa shape index (κ2) is 5.01. The lowest BCUT2D eigenvalue weighted by atomic mass is 10.3. The summed E-state index contributed by atoms with van der Waals surface area (Å²) in [4.78, 5) is 15.8.